The molecule has 0 aromatic heterocycles. The van der Waals surface area contributed by atoms with E-state index in [0.29, 0.717) is 11.1 Å². The second-order valence-electron chi connectivity index (χ2n) is 8.09. The highest BCUT2D eigenvalue weighted by Crippen LogP contribution is 2.34. The van der Waals surface area contributed by atoms with Crippen molar-refractivity contribution in [2.45, 2.75) is 30.7 Å². The molecule has 7 nitrogen and oxygen atoms in total. The topological polar surface area (TPSA) is 80.3 Å². The summed E-state index contributed by atoms with van der Waals surface area (Å²) in [5, 5.41) is 0. The molecule has 1 unspecified atom stereocenters. The summed E-state index contributed by atoms with van der Waals surface area (Å²) in [7, 11) is 0. The lowest BCUT2D eigenvalue weighted by Crippen LogP contribution is -2.60. The molecule has 3 aromatic carbocycles. The number of carbonyl (C=O) groups is 2. The van der Waals surface area contributed by atoms with Gasteiger partial charge in [0.15, 0.2) is 18.5 Å². The molecule has 174 valence electrons. The fourth-order valence-corrected chi connectivity index (χ4v) is 4.08. The van der Waals surface area contributed by atoms with E-state index >= 15 is 0 Å². The van der Waals surface area contributed by atoms with E-state index in [1.807, 2.05) is 42.5 Å². The molecule has 2 fully saturated rings. The normalized spacial score (nSPS) is 26.2. The van der Waals surface area contributed by atoms with Crippen LogP contribution < -0.4 is 0 Å². The van der Waals surface area contributed by atoms with E-state index < -0.39 is 42.6 Å². The first kappa shape index (κ1) is 22.3. The number of carbonyl (C=O) groups excluding carboxylic acids is 2. The first-order valence-electron chi connectivity index (χ1n) is 11.1. The van der Waals surface area contributed by atoms with Crippen molar-refractivity contribution in [3.63, 3.8) is 0 Å². The van der Waals surface area contributed by atoms with Crippen LogP contribution in [0.15, 0.2) is 91.0 Å². The van der Waals surface area contributed by atoms with Gasteiger partial charge in [-0.3, -0.25) is 0 Å². The molecule has 5 rings (SSSR count). The van der Waals surface area contributed by atoms with Crippen molar-refractivity contribution in [3.8, 4) is 0 Å². The van der Waals surface area contributed by atoms with Crippen LogP contribution in [-0.2, 0) is 23.7 Å². The number of ether oxygens (including phenoxy) is 5. The molecule has 2 aliphatic rings. The first-order valence-corrected chi connectivity index (χ1v) is 11.1. The van der Waals surface area contributed by atoms with Gasteiger partial charge in [0.1, 0.15) is 12.2 Å². The highest BCUT2D eigenvalue weighted by Gasteiger charge is 2.49. The molecule has 2 aliphatic heterocycles. The van der Waals surface area contributed by atoms with Gasteiger partial charge in [-0.25, -0.2) is 9.59 Å². The van der Waals surface area contributed by atoms with Crippen molar-refractivity contribution < 1.29 is 33.3 Å². The third-order valence-electron chi connectivity index (χ3n) is 5.82. The van der Waals surface area contributed by atoms with Crippen LogP contribution >= 0.6 is 0 Å². The Morgan fingerprint density at radius 1 is 0.676 bits per heavy atom. The molecule has 0 radical (unpaired) electrons. The molecule has 3 aromatic rings. The smallest absolute Gasteiger partial charge is 0.338 e. The predicted octanol–water partition coefficient (Wildman–Crippen LogP) is 3.95. The second-order valence-corrected chi connectivity index (χ2v) is 8.09. The van der Waals surface area contributed by atoms with Crippen LogP contribution in [-0.4, -0.2) is 49.6 Å². The van der Waals surface area contributed by atoms with E-state index in [2.05, 4.69) is 0 Å². The van der Waals surface area contributed by atoms with Crippen molar-refractivity contribution in [2.75, 3.05) is 13.2 Å². The molecule has 0 N–H and O–H groups in total. The third kappa shape index (κ3) is 4.87. The van der Waals surface area contributed by atoms with Crippen molar-refractivity contribution in [2.24, 2.45) is 0 Å². The van der Waals surface area contributed by atoms with Crippen molar-refractivity contribution >= 4 is 11.9 Å². The molecule has 2 saturated heterocycles. The molecule has 2 heterocycles. The molecule has 0 amide bonds. The molecule has 0 spiro atoms. The molecule has 0 saturated carbocycles. The monoisotopic (exact) mass is 460 g/mol. The van der Waals surface area contributed by atoms with Gasteiger partial charge in [0.05, 0.1) is 24.3 Å². The number of rotatable bonds is 5. The van der Waals surface area contributed by atoms with Crippen LogP contribution in [0.2, 0.25) is 0 Å². The summed E-state index contributed by atoms with van der Waals surface area (Å²) in [6, 6.07) is 26.8. The van der Waals surface area contributed by atoms with Gasteiger partial charge in [0.2, 0.25) is 0 Å². The Morgan fingerprint density at radius 2 is 1.24 bits per heavy atom. The summed E-state index contributed by atoms with van der Waals surface area (Å²) in [4.78, 5) is 25.7. The van der Waals surface area contributed by atoms with Gasteiger partial charge in [0, 0.05) is 5.56 Å². The van der Waals surface area contributed by atoms with Gasteiger partial charge in [0.25, 0.3) is 0 Å². The van der Waals surface area contributed by atoms with E-state index in [4.69, 9.17) is 23.7 Å². The van der Waals surface area contributed by atoms with Gasteiger partial charge in [-0.1, -0.05) is 66.7 Å². The summed E-state index contributed by atoms with van der Waals surface area (Å²) in [5.74, 6) is -1.06. The van der Waals surface area contributed by atoms with Crippen LogP contribution in [0.3, 0.4) is 0 Å². The average Bonchev–Trinajstić information content (AvgIpc) is 2.91. The Bertz CT molecular complexity index is 1100. The Balaban J connectivity index is 1.40. The zero-order valence-electron chi connectivity index (χ0n) is 18.3. The minimum atomic E-state index is -0.880. The Morgan fingerprint density at radius 3 is 1.85 bits per heavy atom. The van der Waals surface area contributed by atoms with Gasteiger partial charge < -0.3 is 23.7 Å². The van der Waals surface area contributed by atoms with E-state index in [9.17, 15) is 9.59 Å². The standard InChI is InChI=1S/C27H24O7/c28-25(18-10-4-1-5-11-18)32-22-17-30-21-16-31-27(20-14-8-3-9-15-20)34-23(21)24(22)33-26(29)19-12-6-2-7-13-19/h1-15,21-24,27H,16-17H2/t21-,22+,23+,24-,27?/m1/s1. The minimum Gasteiger partial charge on any atom is -0.452 e. The molecular weight excluding hydrogens is 436 g/mol. The van der Waals surface area contributed by atoms with Gasteiger partial charge in [-0.15, -0.1) is 0 Å². The highest BCUT2D eigenvalue weighted by atomic mass is 16.7. The molecule has 34 heavy (non-hydrogen) atoms. The summed E-state index contributed by atoms with van der Waals surface area (Å²) in [6.07, 6.45) is -3.55. The number of benzene rings is 3. The zero-order chi connectivity index (χ0) is 23.3. The van der Waals surface area contributed by atoms with E-state index in [-0.39, 0.29) is 13.2 Å². The average molecular weight is 460 g/mol. The second kappa shape index (κ2) is 10.2. The largest absolute Gasteiger partial charge is 0.452 e. The van der Waals surface area contributed by atoms with E-state index in [0.717, 1.165) is 5.56 Å². The van der Waals surface area contributed by atoms with Crippen LogP contribution in [0.4, 0.5) is 0 Å². The number of hydrogen-bond acceptors (Lipinski definition) is 7. The molecule has 5 atom stereocenters. The quantitative estimate of drug-likeness (QED) is 0.534. The van der Waals surface area contributed by atoms with E-state index in [1.54, 1.807) is 48.5 Å². The lowest BCUT2D eigenvalue weighted by atomic mass is 9.98. The zero-order valence-corrected chi connectivity index (χ0v) is 18.3. The summed E-state index contributed by atoms with van der Waals surface area (Å²) in [5.41, 5.74) is 1.62. The number of esters is 2. The van der Waals surface area contributed by atoms with Crippen molar-refractivity contribution in [1.82, 2.24) is 0 Å². The fourth-order valence-electron chi connectivity index (χ4n) is 4.08. The van der Waals surface area contributed by atoms with Crippen LogP contribution in [0.5, 0.6) is 0 Å². The summed E-state index contributed by atoms with van der Waals surface area (Å²) < 4.78 is 29.7. The number of hydrogen-bond donors (Lipinski definition) is 0. The molecule has 0 aliphatic carbocycles. The Hall–Kier alpha value is -3.52. The summed E-state index contributed by atoms with van der Waals surface area (Å²) in [6.45, 7) is 0.304. The maximum absolute atomic E-state index is 12.9. The highest BCUT2D eigenvalue weighted by molar-refractivity contribution is 5.90. The minimum absolute atomic E-state index is 0.0508. The lowest BCUT2D eigenvalue weighted by Gasteiger charge is -2.45. The third-order valence-corrected chi connectivity index (χ3v) is 5.82. The van der Waals surface area contributed by atoms with Crippen LogP contribution in [0.25, 0.3) is 0 Å². The first-order chi connectivity index (χ1) is 16.7. The Labute approximate surface area is 197 Å². The van der Waals surface area contributed by atoms with Gasteiger partial charge in [-0.05, 0) is 24.3 Å². The van der Waals surface area contributed by atoms with Crippen LogP contribution in [0, 0.1) is 0 Å². The van der Waals surface area contributed by atoms with Gasteiger partial charge >= 0.3 is 11.9 Å². The molecule has 7 heteroatoms. The van der Waals surface area contributed by atoms with Crippen LogP contribution in [0.1, 0.15) is 32.6 Å². The Kier molecular flexibility index (Phi) is 6.67. The van der Waals surface area contributed by atoms with Gasteiger partial charge in [-0.2, -0.15) is 0 Å². The van der Waals surface area contributed by atoms with E-state index in [1.165, 1.54) is 0 Å². The maximum atomic E-state index is 12.9. The van der Waals surface area contributed by atoms with Crippen molar-refractivity contribution in [1.29, 1.82) is 0 Å². The maximum Gasteiger partial charge on any atom is 0.338 e. The lowest BCUT2D eigenvalue weighted by molar-refractivity contribution is -0.312. The van der Waals surface area contributed by atoms with Crippen molar-refractivity contribution in [3.05, 3.63) is 108 Å². The molecular formula is C27H24O7. The fraction of sp³-hybridized carbons (Fsp3) is 0.259. The molecule has 0 bridgehead atoms. The SMILES string of the molecule is O=C(O[C@H]1[C@H]2OC(c3ccccc3)OC[C@H]2OC[C@@H]1OC(=O)c1ccccc1)c1ccccc1. The summed E-state index contributed by atoms with van der Waals surface area (Å²) >= 11 is 0. The predicted molar refractivity (Wildman–Crippen MR) is 121 cm³/mol. The number of fused-ring (bicyclic) bond motifs is 1.